The van der Waals surface area contributed by atoms with Crippen molar-refractivity contribution in [3.05, 3.63) is 65.7 Å². The second kappa shape index (κ2) is 7.06. The molecule has 23 heavy (non-hydrogen) atoms. The fourth-order valence-electron chi connectivity index (χ4n) is 1.89. The van der Waals surface area contributed by atoms with E-state index < -0.39 is 10.0 Å². The summed E-state index contributed by atoms with van der Waals surface area (Å²) in [5.41, 5.74) is 2.03. The first-order chi connectivity index (χ1) is 10.9. The van der Waals surface area contributed by atoms with Gasteiger partial charge in [-0.2, -0.15) is 18.4 Å². The third-order valence-electron chi connectivity index (χ3n) is 3.15. The molecule has 0 unspecified atom stereocenters. The van der Waals surface area contributed by atoms with Crippen molar-refractivity contribution >= 4 is 21.4 Å². The lowest BCUT2D eigenvalue weighted by Crippen LogP contribution is -2.23. The van der Waals surface area contributed by atoms with Gasteiger partial charge in [0.25, 0.3) is 10.0 Å². The minimum atomic E-state index is -3.77. The normalized spacial score (nSPS) is 13.0. The van der Waals surface area contributed by atoms with Gasteiger partial charge in [0.2, 0.25) is 0 Å². The predicted molar refractivity (Wildman–Crippen MR) is 89.4 cm³/mol. The Bertz CT molecular complexity index is 827. The van der Waals surface area contributed by atoms with E-state index in [4.69, 9.17) is 5.21 Å². The zero-order valence-corrected chi connectivity index (χ0v) is 13.6. The molecule has 0 heterocycles. The SMILES string of the molecule is CC(=N/NS(=O)(=O)c1ccc(C)cc1)/C(=N/O)c1ccccc1. The Hall–Kier alpha value is -2.67. The van der Waals surface area contributed by atoms with Crippen LogP contribution in [-0.4, -0.2) is 25.0 Å². The highest BCUT2D eigenvalue weighted by Gasteiger charge is 2.14. The number of hydrogen-bond donors (Lipinski definition) is 2. The smallest absolute Gasteiger partial charge is 0.276 e. The van der Waals surface area contributed by atoms with Crippen LogP contribution in [0.1, 0.15) is 18.1 Å². The topological polar surface area (TPSA) is 91.1 Å². The number of sulfonamides is 1. The minimum absolute atomic E-state index is 0.113. The van der Waals surface area contributed by atoms with Crippen molar-refractivity contribution in [2.24, 2.45) is 10.3 Å². The van der Waals surface area contributed by atoms with Crippen molar-refractivity contribution in [3.63, 3.8) is 0 Å². The van der Waals surface area contributed by atoms with Gasteiger partial charge in [-0.3, -0.25) is 0 Å². The number of aryl methyl sites for hydroxylation is 1. The van der Waals surface area contributed by atoms with Crippen LogP contribution in [0.3, 0.4) is 0 Å². The molecule has 0 aliphatic rings. The molecule has 0 spiro atoms. The van der Waals surface area contributed by atoms with Crippen LogP contribution in [0.15, 0.2) is 69.7 Å². The van der Waals surface area contributed by atoms with Gasteiger partial charge in [-0.25, -0.2) is 0 Å². The Morgan fingerprint density at radius 1 is 1.04 bits per heavy atom. The van der Waals surface area contributed by atoms with Gasteiger partial charge < -0.3 is 5.21 Å². The van der Waals surface area contributed by atoms with Gasteiger partial charge in [-0.15, -0.1) is 0 Å². The Morgan fingerprint density at radius 2 is 1.65 bits per heavy atom. The number of hydrogen-bond acceptors (Lipinski definition) is 5. The third-order valence-corrected chi connectivity index (χ3v) is 4.38. The van der Waals surface area contributed by atoms with Crippen molar-refractivity contribution in [1.29, 1.82) is 0 Å². The van der Waals surface area contributed by atoms with Gasteiger partial charge in [0.15, 0.2) is 0 Å². The van der Waals surface area contributed by atoms with Gasteiger partial charge in [0.1, 0.15) is 5.71 Å². The Kier molecular flexibility index (Phi) is 5.13. The van der Waals surface area contributed by atoms with Crippen LogP contribution in [0, 0.1) is 6.92 Å². The highest BCUT2D eigenvalue weighted by molar-refractivity contribution is 7.89. The van der Waals surface area contributed by atoms with Crippen molar-refractivity contribution < 1.29 is 13.6 Å². The molecule has 0 fully saturated rings. The van der Waals surface area contributed by atoms with Crippen molar-refractivity contribution in [2.45, 2.75) is 18.7 Å². The molecular formula is C16H17N3O3S. The predicted octanol–water partition coefficient (Wildman–Crippen LogP) is 2.53. The molecule has 0 amide bonds. The van der Waals surface area contributed by atoms with E-state index in [2.05, 4.69) is 15.1 Å². The molecule has 0 aliphatic heterocycles. The summed E-state index contributed by atoms with van der Waals surface area (Å²) >= 11 is 0. The largest absolute Gasteiger partial charge is 0.410 e. The highest BCUT2D eigenvalue weighted by Crippen LogP contribution is 2.10. The van der Waals surface area contributed by atoms with Gasteiger partial charge in [0, 0.05) is 5.56 Å². The number of benzene rings is 2. The highest BCUT2D eigenvalue weighted by atomic mass is 32.2. The minimum Gasteiger partial charge on any atom is -0.410 e. The third kappa shape index (κ3) is 4.17. The molecule has 120 valence electrons. The molecule has 2 rings (SSSR count). The van der Waals surface area contributed by atoms with E-state index in [1.807, 2.05) is 13.0 Å². The zero-order valence-electron chi connectivity index (χ0n) is 12.8. The lowest BCUT2D eigenvalue weighted by Gasteiger charge is -2.07. The molecular weight excluding hydrogens is 314 g/mol. The van der Waals surface area contributed by atoms with Crippen LogP contribution in [0.25, 0.3) is 0 Å². The number of nitrogens with zero attached hydrogens (tertiary/aromatic N) is 2. The van der Waals surface area contributed by atoms with Gasteiger partial charge in [-0.05, 0) is 26.0 Å². The van der Waals surface area contributed by atoms with Crippen LogP contribution >= 0.6 is 0 Å². The first-order valence-electron chi connectivity index (χ1n) is 6.84. The molecule has 0 aromatic heterocycles. The maximum Gasteiger partial charge on any atom is 0.276 e. The summed E-state index contributed by atoms with van der Waals surface area (Å²) in [6.45, 7) is 3.43. The van der Waals surface area contributed by atoms with E-state index in [9.17, 15) is 8.42 Å². The van der Waals surface area contributed by atoms with E-state index in [0.717, 1.165) is 5.56 Å². The quantitative estimate of drug-likeness (QED) is 0.501. The molecule has 2 N–H and O–H groups in total. The molecule has 0 atom stereocenters. The Balaban J connectivity index is 2.23. The maximum atomic E-state index is 12.2. The Morgan fingerprint density at radius 3 is 2.22 bits per heavy atom. The molecule has 2 aromatic carbocycles. The van der Waals surface area contributed by atoms with E-state index in [1.165, 1.54) is 12.1 Å². The first-order valence-corrected chi connectivity index (χ1v) is 8.33. The van der Waals surface area contributed by atoms with Crippen molar-refractivity contribution in [1.82, 2.24) is 4.83 Å². The van der Waals surface area contributed by atoms with E-state index in [0.29, 0.717) is 5.56 Å². The second-order valence-corrected chi connectivity index (χ2v) is 6.58. The first kappa shape index (κ1) is 16.7. The second-order valence-electron chi connectivity index (χ2n) is 4.92. The molecule has 0 radical (unpaired) electrons. The number of rotatable bonds is 5. The number of hydrazone groups is 1. The number of oxime groups is 1. The zero-order chi connectivity index (χ0) is 16.9. The number of nitrogens with one attached hydrogen (secondary N) is 1. The summed E-state index contributed by atoms with van der Waals surface area (Å²) in [6, 6.07) is 15.3. The average molecular weight is 331 g/mol. The summed E-state index contributed by atoms with van der Waals surface area (Å²) in [5, 5.41) is 16.2. The van der Waals surface area contributed by atoms with E-state index in [1.54, 1.807) is 43.3 Å². The van der Waals surface area contributed by atoms with Crippen LogP contribution < -0.4 is 4.83 Å². The Labute approximate surface area is 135 Å². The van der Waals surface area contributed by atoms with Crippen molar-refractivity contribution in [3.8, 4) is 0 Å². The summed E-state index contributed by atoms with van der Waals surface area (Å²) in [6.07, 6.45) is 0. The maximum absolute atomic E-state index is 12.2. The lowest BCUT2D eigenvalue weighted by molar-refractivity contribution is 0.320. The molecule has 0 saturated carbocycles. The van der Waals surface area contributed by atoms with Gasteiger partial charge >= 0.3 is 0 Å². The summed E-state index contributed by atoms with van der Waals surface area (Å²) in [7, 11) is -3.77. The van der Waals surface area contributed by atoms with Gasteiger partial charge in [0.05, 0.1) is 10.6 Å². The monoisotopic (exact) mass is 331 g/mol. The molecule has 0 aliphatic carbocycles. The molecule has 0 saturated heterocycles. The van der Waals surface area contributed by atoms with Crippen LogP contribution in [0.2, 0.25) is 0 Å². The van der Waals surface area contributed by atoms with Crippen LogP contribution in [0.5, 0.6) is 0 Å². The summed E-state index contributed by atoms with van der Waals surface area (Å²) in [4.78, 5) is 2.26. The molecule has 6 nitrogen and oxygen atoms in total. The summed E-state index contributed by atoms with van der Waals surface area (Å²) in [5.74, 6) is 0. The molecule has 2 aromatic rings. The molecule has 7 heteroatoms. The fraction of sp³-hybridized carbons (Fsp3) is 0.125. The van der Waals surface area contributed by atoms with Crippen LogP contribution in [-0.2, 0) is 10.0 Å². The molecule has 0 bridgehead atoms. The fourth-order valence-corrected chi connectivity index (χ4v) is 2.74. The van der Waals surface area contributed by atoms with Crippen LogP contribution in [0.4, 0.5) is 0 Å². The lowest BCUT2D eigenvalue weighted by atomic mass is 10.1. The van der Waals surface area contributed by atoms with E-state index >= 15 is 0 Å². The standard InChI is InChI=1S/C16H17N3O3S/c1-12-8-10-15(11-9-12)23(21,22)19-17-13(2)16(18-20)14-6-4-3-5-7-14/h3-11,19-20H,1-2H3/b17-13-,18-16-. The van der Waals surface area contributed by atoms with Gasteiger partial charge in [-0.1, -0.05) is 53.2 Å². The van der Waals surface area contributed by atoms with E-state index in [-0.39, 0.29) is 16.3 Å². The average Bonchev–Trinajstić information content (AvgIpc) is 2.55. The summed E-state index contributed by atoms with van der Waals surface area (Å²) < 4.78 is 24.3. The van der Waals surface area contributed by atoms with Crippen molar-refractivity contribution in [2.75, 3.05) is 0 Å².